The van der Waals surface area contributed by atoms with Crippen LogP contribution in [-0.4, -0.2) is 22.1 Å². The molecule has 0 bridgehead atoms. The predicted molar refractivity (Wildman–Crippen MR) is 69.5 cm³/mol. The van der Waals surface area contributed by atoms with Crippen molar-refractivity contribution in [2.24, 2.45) is 11.8 Å². The van der Waals surface area contributed by atoms with Crippen molar-refractivity contribution in [3.8, 4) is 0 Å². The number of carbonyl (C=O) groups is 1. The van der Waals surface area contributed by atoms with Crippen molar-refractivity contribution in [3.63, 3.8) is 0 Å². The summed E-state index contributed by atoms with van der Waals surface area (Å²) in [5.41, 5.74) is 0. The van der Waals surface area contributed by atoms with E-state index in [1.165, 1.54) is 0 Å². The zero-order valence-corrected chi connectivity index (χ0v) is 13.8. The molecule has 1 aliphatic carbocycles. The third kappa shape index (κ3) is 5.55. The van der Waals surface area contributed by atoms with E-state index in [9.17, 15) is 4.79 Å². The summed E-state index contributed by atoms with van der Waals surface area (Å²) in [5.74, 6) is -0.194. The second-order valence-electron chi connectivity index (χ2n) is 4.49. The molecule has 17 heavy (non-hydrogen) atoms. The molecule has 3 unspecified atom stereocenters. The first-order chi connectivity index (χ1) is 7.90. The van der Waals surface area contributed by atoms with Gasteiger partial charge in [0.1, 0.15) is 0 Å². The fraction of sp³-hybridized carbons (Fsp3) is 0.818. The SMILES string of the molecule is CC(C)OC(=O)C1CCC(Cl)CC1[CH]=[Ru]([Cl])[Cl]. The molecule has 0 saturated heterocycles. The van der Waals surface area contributed by atoms with E-state index in [2.05, 4.69) is 0 Å². The Bertz CT molecular complexity index is 303. The van der Waals surface area contributed by atoms with Crippen LogP contribution in [0.15, 0.2) is 0 Å². The Balaban J connectivity index is 2.73. The van der Waals surface area contributed by atoms with Crippen LogP contribution in [-0.2, 0) is 23.0 Å². The van der Waals surface area contributed by atoms with Crippen molar-refractivity contribution in [2.75, 3.05) is 0 Å². The summed E-state index contributed by atoms with van der Waals surface area (Å²) in [6.07, 6.45) is 2.29. The van der Waals surface area contributed by atoms with E-state index >= 15 is 0 Å². The predicted octanol–water partition coefficient (Wildman–Crippen LogP) is 3.69. The summed E-state index contributed by atoms with van der Waals surface area (Å²) < 4.78 is 7.19. The Hall–Kier alpha value is 0.833. The van der Waals surface area contributed by atoms with Gasteiger partial charge in [-0.15, -0.1) is 0 Å². The molecule has 1 fully saturated rings. The van der Waals surface area contributed by atoms with Crippen molar-refractivity contribution < 1.29 is 23.0 Å². The van der Waals surface area contributed by atoms with Gasteiger partial charge < -0.3 is 0 Å². The minimum absolute atomic E-state index is 0.0753. The van der Waals surface area contributed by atoms with Crippen molar-refractivity contribution in [2.45, 2.75) is 44.6 Å². The molecule has 0 aromatic heterocycles. The number of ether oxygens (including phenoxy) is 1. The monoisotopic (exact) mass is 388 g/mol. The minimum atomic E-state index is -1.87. The number of esters is 1. The molecule has 0 radical (unpaired) electrons. The van der Waals surface area contributed by atoms with Gasteiger partial charge in [-0.2, -0.15) is 0 Å². The molecule has 0 heterocycles. The van der Waals surface area contributed by atoms with Crippen LogP contribution in [0.25, 0.3) is 0 Å². The average Bonchev–Trinajstić information content (AvgIpc) is 2.15. The van der Waals surface area contributed by atoms with Gasteiger partial charge in [0, 0.05) is 0 Å². The number of rotatable bonds is 3. The van der Waals surface area contributed by atoms with E-state index in [0.717, 1.165) is 19.3 Å². The quantitative estimate of drug-likeness (QED) is 0.419. The van der Waals surface area contributed by atoms with Gasteiger partial charge >= 0.3 is 121 Å². The molecular weight excluding hydrogens is 372 g/mol. The van der Waals surface area contributed by atoms with E-state index in [4.69, 9.17) is 35.7 Å². The van der Waals surface area contributed by atoms with Crippen molar-refractivity contribution >= 4 is 41.6 Å². The van der Waals surface area contributed by atoms with Gasteiger partial charge in [0.05, 0.1) is 0 Å². The summed E-state index contributed by atoms with van der Waals surface area (Å²) in [6.45, 7) is 3.70. The Morgan fingerprint density at radius 3 is 2.59 bits per heavy atom. The van der Waals surface area contributed by atoms with E-state index in [-0.39, 0.29) is 29.3 Å². The van der Waals surface area contributed by atoms with Crippen molar-refractivity contribution in [3.05, 3.63) is 0 Å². The number of hydrogen-bond donors (Lipinski definition) is 0. The Labute approximate surface area is 120 Å². The van der Waals surface area contributed by atoms with E-state index < -0.39 is 13.5 Å². The molecule has 1 saturated carbocycles. The molecule has 0 aromatic carbocycles. The molecule has 0 N–H and O–H groups in total. The summed E-state index contributed by atoms with van der Waals surface area (Å²) >= 11 is 4.25. The average molecular weight is 389 g/mol. The van der Waals surface area contributed by atoms with Crippen LogP contribution in [0.5, 0.6) is 0 Å². The first kappa shape index (κ1) is 15.9. The van der Waals surface area contributed by atoms with E-state index in [0.29, 0.717) is 0 Å². The maximum absolute atomic E-state index is 12.0. The Morgan fingerprint density at radius 1 is 1.41 bits per heavy atom. The number of carbonyl (C=O) groups excluding carboxylic acids is 1. The van der Waals surface area contributed by atoms with Crippen LogP contribution >= 0.6 is 31.0 Å². The van der Waals surface area contributed by atoms with Gasteiger partial charge in [0.15, 0.2) is 0 Å². The molecular formula is C11H17Cl3O2Ru. The zero-order chi connectivity index (χ0) is 13.0. The molecule has 0 amide bonds. The molecule has 2 nitrogen and oxygen atoms in total. The summed E-state index contributed by atoms with van der Waals surface area (Å²) in [5, 5.41) is 0.112. The zero-order valence-electron chi connectivity index (χ0n) is 9.81. The fourth-order valence-electron chi connectivity index (χ4n) is 2.01. The van der Waals surface area contributed by atoms with Crippen LogP contribution in [0.4, 0.5) is 0 Å². The molecule has 102 valence electrons. The number of hydrogen-bond acceptors (Lipinski definition) is 2. The van der Waals surface area contributed by atoms with Gasteiger partial charge in [0.25, 0.3) is 0 Å². The number of alkyl halides is 1. The van der Waals surface area contributed by atoms with Crippen LogP contribution in [0.2, 0.25) is 0 Å². The Morgan fingerprint density at radius 2 is 2.06 bits per heavy atom. The van der Waals surface area contributed by atoms with Gasteiger partial charge in [-0.25, -0.2) is 0 Å². The molecule has 0 aromatic rings. The molecule has 1 rings (SSSR count). The van der Waals surface area contributed by atoms with Gasteiger partial charge in [-0.3, -0.25) is 0 Å². The molecule has 1 aliphatic rings. The van der Waals surface area contributed by atoms with Crippen LogP contribution in [0.3, 0.4) is 0 Å². The second kappa shape index (κ2) is 7.43. The van der Waals surface area contributed by atoms with Gasteiger partial charge in [-0.1, -0.05) is 0 Å². The summed E-state index contributed by atoms with van der Waals surface area (Å²) in [7, 11) is 11.8. The third-order valence-electron chi connectivity index (χ3n) is 2.73. The van der Waals surface area contributed by atoms with Crippen LogP contribution < -0.4 is 0 Å². The first-order valence-electron chi connectivity index (χ1n) is 5.58. The molecule has 3 atom stereocenters. The topological polar surface area (TPSA) is 26.3 Å². The molecule has 6 heteroatoms. The first-order valence-corrected chi connectivity index (χ1v) is 11.5. The van der Waals surface area contributed by atoms with Crippen LogP contribution in [0.1, 0.15) is 33.1 Å². The van der Waals surface area contributed by atoms with Gasteiger partial charge in [0.2, 0.25) is 0 Å². The normalized spacial score (nSPS) is 30.0. The van der Waals surface area contributed by atoms with E-state index in [1.807, 2.05) is 18.5 Å². The summed E-state index contributed by atoms with van der Waals surface area (Å²) in [4.78, 5) is 12.0. The van der Waals surface area contributed by atoms with Crippen molar-refractivity contribution in [1.29, 1.82) is 0 Å². The summed E-state index contributed by atoms with van der Waals surface area (Å²) in [6, 6.07) is 0. The van der Waals surface area contributed by atoms with Gasteiger partial charge in [-0.05, 0) is 0 Å². The standard InChI is InChI=1S/C11H17ClO2.2ClH.Ru/c1-7(2)14-11(13)10-5-4-9(12)6-8(10)3;;;/h3,7-10H,4-6H2,1-2H3;2*1H;/q;;;+2/p-2. The van der Waals surface area contributed by atoms with Crippen molar-refractivity contribution in [1.82, 2.24) is 0 Å². The third-order valence-corrected chi connectivity index (χ3v) is 5.36. The maximum atomic E-state index is 12.0. The fourth-order valence-corrected chi connectivity index (χ4v) is 4.90. The van der Waals surface area contributed by atoms with E-state index in [1.54, 1.807) is 0 Å². The Kier molecular flexibility index (Phi) is 6.94. The molecule has 0 aliphatic heterocycles. The number of halogens is 3. The van der Waals surface area contributed by atoms with Crippen LogP contribution in [0, 0.1) is 11.8 Å². The molecule has 0 spiro atoms. The second-order valence-corrected chi connectivity index (χ2v) is 10.9.